The molecule has 2 heterocycles. The average molecular weight is 295 g/mol. The van der Waals surface area contributed by atoms with Crippen LogP contribution in [0.5, 0.6) is 0 Å². The number of aryl methyl sites for hydroxylation is 1. The number of aromatic nitrogens is 2. The second kappa shape index (κ2) is 4.26. The molecule has 1 N–H and O–H groups in total. The van der Waals surface area contributed by atoms with Gasteiger partial charge in [0, 0.05) is 27.0 Å². The van der Waals surface area contributed by atoms with Crippen LogP contribution in [0.25, 0.3) is 11.3 Å². The van der Waals surface area contributed by atoms with Crippen molar-refractivity contribution in [2.24, 2.45) is 0 Å². The van der Waals surface area contributed by atoms with Gasteiger partial charge < -0.3 is 0 Å². The lowest BCUT2D eigenvalue weighted by atomic mass is 10.1. The first-order valence-corrected chi connectivity index (χ1v) is 7.19. The van der Waals surface area contributed by atoms with Gasteiger partial charge in [-0.3, -0.25) is 5.10 Å². The van der Waals surface area contributed by atoms with E-state index in [1.807, 2.05) is 11.8 Å². The smallest absolute Gasteiger partial charge is 0.0963 e. The van der Waals surface area contributed by atoms with E-state index >= 15 is 0 Å². The summed E-state index contributed by atoms with van der Waals surface area (Å²) in [6.45, 7) is 0. The number of nitrogens with one attached hydrogen (secondary N) is 1. The standard InChI is InChI=1S/C12H11BrN2S/c13-9-3-1-8(2-4-9)12-10-7-16-6-5-11(10)14-15-12/h1-4H,5-7H2,(H,14,15). The van der Waals surface area contributed by atoms with Crippen LogP contribution < -0.4 is 0 Å². The number of benzene rings is 1. The molecule has 2 aromatic rings. The molecule has 1 aliphatic rings. The van der Waals surface area contributed by atoms with Crippen molar-refractivity contribution in [3.05, 3.63) is 40.0 Å². The van der Waals surface area contributed by atoms with Gasteiger partial charge in [0.2, 0.25) is 0 Å². The van der Waals surface area contributed by atoms with Gasteiger partial charge in [0.25, 0.3) is 0 Å². The van der Waals surface area contributed by atoms with Gasteiger partial charge in [-0.1, -0.05) is 28.1 Å². The molecule has 0 radical (unpaired) electrons. The number of rotatable bonds is 1. The number of H-pyrrole nitrogens is 1. The summed E-state index contributed by atoms with van der Waals surface area (Å²) in [5.41, 5.74) is 5.02. The first kappa shape index (κ1) is 10.4. The molecule has 0 bridgehead atoms. The molecule has 2 nitrogen and oxygen atoms in total. The van der Waals surface area contributed by atoms with Crippen LogP contribution >= 0.6 is 27.7 Å². The van der Waals surface area contributed by atoms with Gasteiger partial charge in [0.05, 0.1) is 5.69 Å². The van der Waals surface area contributed by atoms with Crippen LogP contribution in [-0.2, 0) is 12.2 Å². The summed E-state index contributed by atoms with van der Waals surface area (Å²) >= 11 is 5.44. The zero-order valence-corrected chi connectivity index (χ0v) is 11.1. The van der Waals surface area contributed by atoms with Crippen molar-refractivity contribution in [2.45, 2.75) is 12.2 Å². The number of hydrogen-bond acceptors (Lipinski definition) is 2. The lowest BCUT2D eigenvalue weighted by Crippen LogP contribution is -2.00. The van der Waals surface area contributed by atoms with Crippen LogP contribution in [0.1, 0.15) is 11.3 Å². The maximum atomic E-state index is 4.44. The fourth-order valence-electron chi connectivity index (χ4n) is 1.96. The molecule has 0 spiro atoms. The first-order chi connectivity index (χ1) is 7.84. The lowest BCUT2D eigenvalue weighted by Gasteiger charge is -2.10. The SMILES string of the molecule is Brc1ccc(-c2n[nH]c3c2CSCC3)cc1. The fourth-order valence-corrected chi connectivity index (χ4v) is 3.23. The Morgan fingerprint density at radius 2 is 2.06 bits per heavy atom. The molecule has 0 amide bonds. The third-order valence-corrected chi connectivity index (χ3v) is 4.33. The van der Waals surface area contributed by atoms with E-state index in [1.54, 1.807) is 0 Å². The highest BCUT2D eigenvalue weighted by atomic mass is 79.9. The minimum atomic E-state index is 1.08. The van der Waals surface area contributed by atoms with Crippen LogP contribution in [0.2, 0.25) is 0 Å². The largest absolute Gasteiger partial charge is 0.282 e. The Hall–Kier alpha value is -0.740. The molecular formula is C12H11BrN2S. The highest BCUT2D eigenvalue weighted by Crippen LogP contribution is 2.31. The molecule has 1 aromatic heterocycles. The predicted octanol–water partition coefficient (Wildman–Crippen LogP) is 3.63. The van der Waals surface area contributed by atoms with E-state index in [0.29, 0.717) is 0 Å². The Bertz CT molecular complexity index is 504. The molecule has 0 saturated heterocycles. The van der Waals surface area contributed by atoms with Crippen molar-refractivity contribution in [1.82, 2.24) is 10.2 Å². The second-order valence-electron chi connectivity index (χ2n) is 3.84. The predicted molar refractivity (Wildman–Crippen MR) is 71.6 cm³/mol. The number of thioether (sulfide) groups is 1. The van der Waals surface area contributed by atoms with Crippen LogP contribution in [0.4, 0.5) is 0 Å². The third kappa shape index (κ3) is 1.80. The Morgan fingerprint density at radius 3 is 2.88 bits per heavy atom. The highest BCUT2D eigenvalue weighted by Gasteiger charge is 2.17. The zero-order valence-electron chi connectivity index (χ0n) is 8.66. The van der Waals surface area contributed by atoms with Crippen molar-refractivity contribution < 1.29 is 0 Å². The summed E-state index contributed by atoms with van der Waals surface area (Å²) in [5.74, 6) is 2.28. The van der Waals surface area contributed by atoms with Crippen LogP contribution in [0.15, 0.2) is 28.7 Å². The van der Waals surface area contributed by atoms with Crippen molar-refractivity contribution in [3.63, 3.8) is 0 Å². The molecule has 82 valence electrons. The molecule has 4 heteroatoms. The normalized spacial score (nSPS) is 14.8. The first-order valence-electron chi connectivity index (χ1n) is 5.24. The monoisotopic (exact) mass is 294 g/mol. The molecule has 16 heavy (non-hydrogen) atoms. The summed E-state index contributed by atoms with van der Waals surface area (Å²) < 4.78 is 1.11. The molecule has 0 fully saturated rings. The van der Waals surface area contributed by atoms with Crippen LogP contribution in [0.3, 0.4) is 0 Å². The number of fused-ring (bicyclic) bond motifs is 1. The summed E-state index contributed by atoms with van der Waals surface area (Å²) in [7, 11) is 0. The molecular weight excluding hydrogens is 284 g/mol. The van der Waals surface area contributed by atoms with E-state index in [-0.39, 0.29) is 0 Å². The average Bonchev–Trinajstić information content (AvgIpc) is 2.74. The van der Waals surface area contributed by atoms with E-state index in [2.05, 4.69) is 50.4 Å². The van der Waals surface area contributed by atoms with Crippen LogP contribution in [-0.4, -0.2) is 16.0 Å². The Balaban J connectivity index is 2.06. The second-order valence-corrected chi connectivity index (χ2v) is 5.86. The molecule has 3 rings (SSSR count). The van der Waals surface area contributed by atoms with E-state index in [1.165, 1.54) is 22.6 Å². The van der Waals surface area contributed by atoms with Gasteiger partial charge in [0.15, 0.2) is 0 Å². The number of nitrogens with zero attached hydrogens (tertiary/aromatic N) is 1. The summed E-state index contributed by atoms with van der Waals surface area (Å²) in [6, 6.07) is 8.35. The van der Waals surface area contributed by atoms with Gasteiger partial charge in [-0.15, -0.1) is 0 Å². The Labute approximate surface area is 107 Å². The molecule has 0 atom stereocenters. The van der Waals surface area contributed by atoms with Gasteiger partial charge in [-0.2, -0.15) is 16.9 Å². The Kier molecular flexibility index (Phi) is 2.77. The lowest BCUT2D eigenvalue weighted by molar-refractivity contribution is 0.966. The van der Waals surface area contributed by atoms with E-state index in [0.717, 1.165) is 22.3 Å². The van der Waals surface area contributed by atoms with Gasteiger partial charge in [-0.05, 0) is 24.3 Å². The quantitative estimate of drug-likeness (QED) is 0.870. The van der Waals surface area contributed by atoms with Gasteiger partial charge in [0.1, 0.15) is 0 Å². The minimum absolute atomic E-state index is 1.08. The maximum Gasteiger partial charge on any atom is 0.0963 e. The van der Waals surface area contributed by atoms with E-state index in [9.17, 15) is 0 Å². The topological polar surface area (TPSA) is 28.7 Å². The minimum Gasteiger partial charge on any atom is -0.282 e. The molecule has 0 aliphatic carbocycles. The molecule has 0 saturated carbocycles. The van der Waals surface area contributed by atoms with E-state index < -0.39 is 0 Å². The highest BCUT2D eigenvalue weighted by molar-refractivity contribution is 9.10. The van der Waals surface area contributed by atoms with Crippen molar-refractivity contribution in [1.29, 1.82) is 0 Å². The number of hydrogen-bond donors (Lipinski definition) is 1. The summed E-state index contributed by atoms with van der Waals surface area (Å²) in [4.78, 5) is 0. The summed E-state index contributed by atoms with van der Waals surface area (Å²) in [6.07, 6.45) is 1.11. The van der Waals surface area contributed by atoms with Crippen LogP contribution in [0, 0.1) is 0 Å². The molecule has 1 aliphatic heterocycles. The maximum absolute atomic E-state index is 4.44. The number of halogens is 1. The Morgan fingerprint density at radius 1 is 1.25 bits per heavy atom. The van der Waals surface area contributed by atoms with Gasteiger partial charge >= 0.3 is 0 Å². The van der Waals surface area contributed by atoms with Gasteiger partial charge in [-0.25, -0.2) is 0 Å². The fraction of sp³-hybridized carbons (Fsp3) is 0.250. The van der Waals surface area contributed by atoms with Crippen molar-refractivity contribution >= 4 is 27.7 Å². The molecule has 0 unspecified atom stereocenters. The third-order valence-electron chi connectivity index (χ3n) is 2.81. The zero-order chi connectivity index (χ0) is 11.0. The summed E-state index contributed by atoms with van der Waals surface area (Å²) in [5, 5.41) is 7.61. The molecule has 1 aromatic carbocycles. The van der Waals surface area contributed by atoms with Crippen molar-refractivity contribution in [2.75, 3.05) is 5.75 Å². The number of aromatic amines is 1. The van der Waals surface area contributed by atoms with Crippen molar-refractivity contribution in [3.8, 4) is 11.3 Å². The van der Waals surface area contributed by atoms with E-state index in [4.69, 9.17) is 0 Å².